The summed E-state index contributed by atoms with van der Waals surface area (Å²) < 4.78 is 51.2. The molecule has 0 aliphatic rings. The van der Waals surface area contributed by atoms with Crippen molar-refractivity contribution < 1.29 is 17.2 Å². The lowest BCUT2D eigenvalue weighted by molar-refractivity contribution is 0.568. The number of aromatic amines is 1. The molecule has 17 heavy (non-hydrogen) atoms. The van der Waals surface area contributed by atoms with Gasteiger partial charge < -0.3 is 4.98 Å². The molecule has 0 saturated heterocycles. The van der Waals surface area contributed by atoms with Gasteiger partial charge in [0.25, 0.3) is 10.0 Å². The first kappa shape index (κ1) is 11.5. The number of imidazole rings is 1. The summed E-state index contributed by atoms with van der Waals surface area (Å²) >= 11 is 0. The number of sulfonamides is 1. The van der Waals surface area contributed by atoms with E-state index in [0.29, 0.717) is 18.2 Å². The fourth-order valence-corrected chi connectivity index (χ4v) is 2.21. The standard InChI is InChI=1S/C9H7F2N3O2S/c10-6-3-7(11)5-8(4-6)17(15,16)14-9-12-1-2-13-9/h1-5H,(H2,12,13,14). The molecule has 8 heteroatoms. The summed E-state index contributed by atoms with van der Waals surface area (Å²) in [6, 6.07) is 2.02. The number of benzene rings is 1. The highest BCUT2D eigenvalue weighted by molar-refractivity contribution is 7.92. The molecule has 0 fully saturated rings. The van der Waals surface area contributed by atoms with Gasteiger partial charge in [0.2, 0.25) is 5.95 Å². The molecule has 2 rings (SSSR count). The molecule has 1 aromatic carbocycles. The van der Waals surface area contributed by atoms with E-state index >= 15 is 0 Å². The van der Waals surface area contributed by atoms with E-state index in [-0.39, 0.29) is 5.95 Å². The van der Waals surface area contributed by atoms with E-state index in [4.69, 9.17) is 0 Å². The lowest BCUT2D eigenvalue weighted by Crippen LogP contribution is -2.14. The SMILES string of the molecule is O=S(=O)(Nc1ncc[nH]1)c1cc(F)cc(F)c1. The van der Waals surface area contributed by atoms with Gasteiger partial charge >= 0.3 is 0 Å². The van der Waals surface area contributed by atoms with Crippen LogP contribution in [0.25, 0.3) is 0 Å². The first-order valence-corrected chi connectivity index (χ1v) is 5.94. The van der Waals surface area contributed by atoms with Gasteiger partial charge in [-0.2, -0.15) is 0 Å². The van der Waals surface area contributed by atoms with Gasteiger partial charge in [-0.25, -0.2) is 26.9 Å². The van der Waals surface area contributed by atoms with Crippen LogP contribution in [0.3, 0.4) is 0 Å². The highest BCUT2D eigenvalue weighted by Crippen LogP contribution is 2.15. The van der Waals surface area contributed by atoms with Crippen molar-refractivity contribution in [1.29, 1.82) is 0 Å². The third-order valence-corrected chi connectivity index (χ3v) is 3.19. The van der Waals surface area contributed by atoms with Crippen LogP contribution in [0.15, 0.2) is 35.5 Å². The third kappa shape index (κ3) is 2.59. The lowest BCUT2D eigenvalue weighted by Gasteiger charge is -2.05. The zero-order valence-corrected chi connectivity index (χ0v) is 9.13. The van der Waals surface area contributed by atoms with E-state index in [2.05, 4.69) is 9.97 Å². The van der Waals surface area contributed by atoms with Gasteiger partial charge in [0, 0.05) is 18.5 Å². The van der Waals surface area contributed by atoms with E-state index in [1.165, 1.54) is 12.4 Å². The zero-order chi connectivity index (χ0) is 12.5. The Morgan fingerprint density at radius 3 is 2.35 bits per heavy atom. The number of halogens is 2. The van der Waals surface area contributed by atoms with Crippen LogP contribution >= 0.6 is 0 Å². The second-order valence-corrected chi connectivity index (χ2v) is 4.83. The van der Waals surface area contributed by atoms with Crippen molar-refractivity contribution in [3.8, 4) is 0 Å². The van der Waals surface area contributed by atoms with Crippen molar-refractivity contribution in [2.45, 2.75) is 4.90 Å². The van der Waals surface area contributed by atoms with Crippen molar-refractivity contribution in [3.63, 3.8) is 0 Å². The van der Waals surface area contributed by atoms with E-state index in [1.54, 1.807) is 0 Å². The molecule has 0 aliphatic carbocycles. The third-order valence-electron chi connectivity index (χ3n) is 1.88. The summed E-state index contributed by atoms with van der Waals surface area (Å²) in [6.45, 7) is 0. The van der Waals surface area contributed by atoms with Gasteiger partial charge in [-0.15, -0.1) is 0 Å². The van der Waals surface area contributed by atoms with E-state index in [0.717, 1.165) is 0 Å². The highest BCUT2D eigenvalue weighted by Gasteiger charge is 2.17. The molecule has 0 amide bonds. The fourth-order valence-electron chi connectivity index (χ4n) is 1.19. The topological polar surface area (TPSA) is 74.8 Å². The molecule has 0 radical (unpaired) electrons. The molecule has 0 spiro atoms. The molecule has 0 aliphatic heterocycles. The predicted molar refractivity (Wildman–Crippen MR) is 55.8 cm³/mol. The molecule has 1 heterocycles. The van der Waals surface area contributed by atoms with E-state index < -0.39 is 26.6 Å². The maximum atomic E-state index is 12.9. The van der Waals surface area contributed by atoms with Gasteiger partial charge in [0.05, 0.1) is 4.90 Å². The van der Waals surface area contributed by atoms with Gasteiger partial charge in [0.15, 0.2) is 0 Å². The minimum absolute atomic E-state index is 0.0327. The number of nitrogens with zero attached hydrogens (tertiary/aromatic N) is 1. The van der Waals surface area contributed by atoms with Crippen LogP contribution in [0.2, 0.25) is 0 Å². The first-order chi connectivity index (χ1) is 7.97. The molecule has 90 valence electrons. The van der Waals surface area contributed by atoms with Crippen LogP contribution in [0.1, 0.15) is 0 Å². The molecular weight excluding hydrogens is 252 g/mol. The molecule has 0 unspecified atom stereocenters. The number of hydrogen-bond donors (Lipinski definition) is 2. The smallest absolute Gasteiger partial charge is 0.264 e. The van der Waals surface area contributed by atoms with Crippen molar-refractivity contribution in [3.05, 3.63) is 42.2 Å². The Hall–Kier alpha value is -1.96. The molecule has 0 atom stereocenters. The number of aromatic nitrogens is 2. The number of nitrogens with one attached hydrogen (secondary N) is 2. The van der Waals surface area contributed by atoms with E-state index in [1.807, 2.05) is 4.72 Å². The molecule has 2 aromatic rings. The van der Waals surface area contributed by atoms with Gasteiger partial charge in [-0.05, 0) is 12.1 Å². The van der Waals surface area contributed by atoms with Crippen LogP contribution in [0.5, 0.6) is 0 Å². The lowest BCUT2D eigenvalue weighted by atomic mass is 10.3. The molecule has 1 aromatic heterocycles. The summed E-state index contributed by atoms with van der Waals surface area (Å²) in [5, 5.41) is 0. The molecule has 0 saturated carbocycles. The van der Waals surface area contributed by atoms with Crippen molar-refractivity contribution in [2.75, 3.05) is 4.72 Å². The average Bonchev–Trinajstić information content (AvgIpc) is 2.68. The van der Waals surface area contributed by atoms with E-state index in [9.17, 15) is 17.2 Å². The highest BCUT2D eigenvalue weighted by atomic mass is 32.2. The van der Waals surface area contributed by atoms with Crippen LogP contribution in [-0.2, 0) is 10.0 Å². The van der Waals surface area contributed by atoms with Crippen molar-refractivity contribution >= 4 is 16.0 Å². The van der Waals surface area contributed by atoms with Crippen LogP contribution < -0.4 is 4.72 Å². The summed E-state index contributed by atoms with van der Waals surface area (Å²) in [7, 11) is -4.05. The Balaban J connectivity index is 2.38. The molecular formula is C9H7F2N3O2S. The minimum Gasteiger partial charge on any atom is -0.330 e. The molecule has 2 N–H and O–H groups in total. The van der Waals surface area contributed by atoms with Crippen molar-refractivity contribution in [1.82, 2.24) is 9.97 Å². The second-order valence-electron chi connectivity index (χ2n) is 3.15. The Bertz CT molecular complexity index is 605. The fraction of sp³-hybridized carbons (Fsp3) is 0. The quantitative estimate of drug-likeness (QED) is 0.876. The second kappa shape index (κ2) is 4.13. The maximum absolute atomic E-state index is 12.9. The zero-order valence-electron chi connectivity index (χ0n) is 8.31. The summed E-state index contributed by atoms with van der Waals surface area (Å²) in [5.74, 6) is -1.97. The number of H-pyrrole nitrogens is 1. The Morgan fingerprint density at radius 1 is 1.18 bits per heavy atom. The number of anilines is 1. The Labute approximate surface area is 95.6 Å². The normalized spacial score (nSPS) is 11.4. The van der Waals surface area contributed by atoms with Crippen LogP contribution in [0.4, 0.5) is 14.7 Å². The monoisotopic (exact) mass is 259 g/mol. The first-order valence-electron chi connectivity index (χ1n) is 4.46. The Kier molecular flexibility index (Phi) is 2.80. The molecule has 5 nitrogen and oxygen atoms in total. The number of rotatable bonds is 3. The summed E-state index contributed by atoms with van der Waals surface area (Å²) in [6.07, 6.45) is 2.74. The molecule has 0 bridgehead atoms. The van der Waals surface area contributed by atoms with Crippen LogP contribution in [0, 0.1) is 11.6 Å². The van der Waals surface area contributed by atoms with Gasteiger partial charge in [0.1, 0.15) is 11.6 Å². The van der Waals surface area contributed by atoms with Crippen LogP contribution in [-0.4, -0.2) is 18.4 Å². The average molecular weight is 259 g/mol. The maximum Gasteiger partial charge on any atom is 0.264 e. The summed E-state index contributed by atoms with van der Waals surface area (Å²) in [4.78, 5) is 5.63. The largest absolute Gasteiger partial charge is 0.330 e. The summed E-state index contributed by atoms with van der Waals surface area (Å²) in [5.41, 5.74) is 0. The van der Waals surface area contributed by atoms with Gasteiger partial charge in [-0.1, -0.05) is 0 Å². The number of hydrogen-bond acceptors (Lipinski definition) is 3. The van der Waals surface area contributed by atoms with Crippen molar-refractivity contribution in [2.24, 2.45) is 0 Å². The predicted octanol–water partition coefficient (Wildman–Crippen LogP) is 1.49. The van der Waals surface area contributed by atoms with Gasteiger partial charge in [-0.3, -0.25) is 0 Å². The Morgan fingerprint density at radius 2 is 1.82 bits per heavy atom. The minimum atomic E-state index is -4.05.